The SMILES string of the molecule is O=C1CCC(N2Cc3c(ccc(C4(O)CCN(Cc5ccc(C(F)(F)F)cc5)CC45CCCCC5)c3Cl)C2=O)C(=O)N1. The van der Waals surface area contributed by atoms with E-state index in [2.05, 4.69) is 10.2 Å². The molecule has 224 valence electrons. The number of benzene rings is 2. The molecule has 1 aliphatic carbocycles. The van der Waals surface area contributed by atoms with Gasteiger partial charge < -0.3 is 10.0 Å². The molecule has 3 heterocycles. The molecule has 1 spiro atoms. The Kier molecular flexibility index (Phi) is 7.38. The highest BCUT2D eigenvalue weighted by Gasteiger charge is 2.56. The number of piperidine rings is 2. The molecule has 2 saturated heterocycles. The van der Waals surface area contributed by atoms with Crippen LogP contribution >= 0.6 is 11.6 Å². The van der Waals surface area contributed by atoms with Crippen molar-refractivity contribution in [3.63, 3.8) is 0 Å². The molecule has 2 aromatic carbocycles. The molecule has 4 aliphatic rings. The van der Waals surface area contributed by atoms with Gasteiger partial charge in [-0.05, 0) is 49.4 Å². The van der Waals surface area contributed by atoms with E-state index in [9.17, 15) is 32.7 Å². The Morgan fingerprint density at radius 2 is 1.71 bits per heavy atom. The highest BCUT2D eigenvalue weighted by molar-refractivity contribution is 6.33. The minimum absolute atomic E-state index is 0.121. The van der Waals surface area contributed by atoms with Crippen LogP contribution in [0.15, 0.2) is 36.4 Å². The largest absolute Gasteiger partial charge is 0.416 e. The Morgan fingerprint density at radius 1 is 1.00 bits per heavy atom. The van der Waals surface area contributed by atoms with Crippen LogP contribution in [0.3, 0.4) is 0 Å². The second-order valence-electron chi connectivity index (χ2n) is 12.2. The molecule has 3 fully saturated rings. The standard InChI is InChI=1S/C31H33ClF3N3O4/c32-26-22-17-38(24-10-11-25(39)36-27(24)40)28(41)21(22)8-9-23(26)30(42)14-15-37(18-29(30)12-2-1-3-13-29)16-19-4-6-20(7-5-19)31(33,34)35/h4-9,24,42H,1-3,10-18H2,(H,36,39,40). The zero-order valence-electron chi connectivity index (χ0n) is 23.1. The van der Waals surface area contributed by atoms with Crippen LogP contribution in [-0.4, -0.2) is 51.8 Å². The van der Waals surface area contributed by atoms with Gasteiger partial charge in [-0.25, -0.2) is 0 Å². The molecular weight excluding hydrogens is 571 g/mol. The number of carbonyl (C=O) groups is 3. The molecule has 42 heavy (non-hydrogen) atoms. The van der Waals surface area contributed by atoms with Gasteiger partial charge in [0.1, 0.15) is 6.04 Å². The van der Waals surface area contributed by atoms with Crippen molar-refractivity contribution in [2.45, 2.75) is 82.3 Å². The molecule has 3 aliphatic heterocycles. The van der Waals surface area contributed by atoms with Crippen LogP contribution in [0.1, 0.15) is 84.0 Å². The fourth-order valence-electron chi connectivity index (χ4n) is 7.56. The smallest absolute Gasteiger partial charge is 0.384 e. The maximum atomic E-state index is 13.3. The summed E-state index contributed by atoms with van der Waals surface area (Å²) in [6.07, 6.45) is 0.911. The van der Waals surface area contributed by atoms with E-state index in [1.807, 2.05) is 0 Å². The number of amides is 3. The molecule has 2 unspecified atom stereocenters. The summed E-state index contributed by atoms with van der Waals surface area (Å²) in [5.41, 5.74) is -0.117. The molecule has 0 aromatic heterocycles. The number of nitrogens with one attached hydrogen (secondary N) is 1. The summed E-state index contributed by atoms with van der Waals surface area (Å²) >= 11 is 7.03. The van der Waals surface area contributed by atoms with Gasteiger partial charge >= 0.3 is 6.18 Å². The third-order valence-corrected chi connectivity index (χ3v) is 10.2. The number of halogens is 4. The minimum Gasteiger partial charge on any atom is -0.384 e. The van der Waals surface area contributed by atoms with E-state index in [1.165, 1.54) is 17.0 Å². The van der Waals surface area contributed by atoms with Crippen LogP contribution < -0.4 is 5.32 Å². The van der Waals surface area contributed by atoms with Crippen molar-refractivity contribution in [3.8, 4) is 0 Å². The third-order valence-electron chi connectivity index (χ3n) is 9.79. The minimum atomic E-state index is -4.38. The average molecular weight is 604 g/mol. The van der Waals surface area contributed by atoms with Gasteiger partial charge in [0.05, 0.1) is 16.2 Å². The van der Waals surface area contributed by atoms with Crippen LogP contribution in [0.5, 0.6) is 0 Å². The fraction of sp³-hybridized carbons (Fsp3) is 0.516. The van der Waals surface area contributed by atoms with Crippen molar-refractivity contribution in [1.82, 2.24) is 15.1 Å². The second-order valence-corrected chi connectivity index (χ2v) is 12.6. The van der Waals surface area contributed by atoms with Crippen molar-refractivity contribution in [2.24, 2.45) is 5.41 Å². The first-order chi connectivity index (χ1) is 19.9. The lowest BCUT2D eigenvalue weighted by Gasteiger charge is -2.56. The van der Waals surface area contributed by atoms with E-state index in [1.54, 1.807) is 12.1 Å². The van der Waals surface area contributed by atoms with Crippen molar-refractivity contribution in [3.05, 3.63) is 69.2 Å². The van der Waals surface area contributed by atoms with Crippen LogP contribution in [0, 0.1) is 5.41 Å². The summed E-state index contributed by atoms with van der Waals surface area (Å²) in [7, 11) is 0. The summed E-state index contributed by atoms with van der Waals surface area (Å²) < 4.78 is 39.1. The van der Waals surface area contributed by atoms with Gasteiger partial charge in [-0.3, -0.25) is 24.6 Å². The molecule has 2 atom stereocenters. The number of likely N-dealkylation sites (tertiary alicyclic amines) is 1. The number of alkyl halides is 3. The van der Waals surface area contributed by atoms with E-state index in [-0.39, 0.29) is 31.2 Å². The number of rotatable bonds is 4. The van der Waals surface area contributed by atoms with Gasteiger partial charge in [0.2, 0.25) is 11.8 Å². The molecule has 0 bridgehead atoms. The molecule has 3 amide bonds. The van der Waals surface area contributed by atoms with Gasteiger partial charge in [0, 0.05) is 54.7 Å². The van der Waals surface area contributed by atoms with E-state index in [4.69, 9.17) is 11.6 Å². The summed E-state index contributed by atoms with van der Waals surface area (Å²) in [6, 6.07) is 7.91. The Hall–Kier alpha value is -2.95. The average Bonchev–Trinajstić information content (AvgIpc) is 3.28. The topological polar surface area (TPSA) is 90.0 Å². The Morgan fingerprint density at radius 3 is 2.38 bits per heavy atom. The lowest BCUT2D eigenvalue weighted by molar-refractivity contribution is -0.159. The molecule has 11 heteroatoms. The van der Waals surface area contributed by atoms with Crippen LogP contribution in [-0.2, 0) is 34.5 Å². The van der Waals surface area contributed by atoms with E-state index in [0.717, 1.165) is 49.8 Å². The van der Waals surface area contributed by atoms with Gasteiger partial charge in [-0.2, -0.15) is 13.2 Å². The van der Waals surface area contributed by atoms with Gasteiger partial charge in [0.15, 0.2) is 0 Å². The van der Waals surface area contributed by atoms with Crippen molar-refractivity contribution >= 4 is 29.3 Å². The highest BCUT2D eigenvalue weighted by Crippen LogP contribution is 2.56. The Bertz CT molecular complexity index is 1420. The monoisotopic (exact) mass is 603 g/mol. The van der Waals surface area contributed by atoms with Gasteiger partial charge in [0.25, 0.3) is 5.91 Å². The first-order valence-electron chi connectivity index (χ1n) is 14.5. The van der Waals surface area contributed by atoms with E-state index >= 15 is 0 Å². The van der Waals surface area contributed by atoms with Gasteiger partial charge in [-0.1, -0.05) is 49.1 Å². The summed E-state index contributed by atoms with van der Waals surface area (Å²) in [5.74, 6) is -1.17. The first kappa shape index (κ1) is 29.1. The highest BCUT2D eigenvalue weighted by atomic mass is 35.5. The van der Waals surface area contributed by atoms with Crippen LogP contribution in [0.25, 0.3) is 0 Å². The van der Waals surface area contributed by atoms with Crippen LogP contribution in [0.4, 0.5) is 13.2 Å². The lowest BCUT2D eigenvalue weighted by atomic mass is 9.57. The van der Waals surface area contributed by atoms with E-state index < -0.39 is 34.7 Å². The number of nitrogens with zero attached hydrogens (tertiary/aromatic N) is 2. The molecule has 6 rings (SSSR count). The normalized spacial score (nSPS) is 26.5. The second kappa shape index (κ2) is 10.6. The van der Waals surface area contributed by atoms with Crippen molar-refractivity contribution in [1.29, 1.82) is 0 Å². The van der Waals surface area contributed by atoms with E-state index in [0.29, 0.717) is 47.8 Å². The predicted molar refractivity (Wildman–Crippen MR) is 148 cm³/mol. The lowest BCUT2D eigenvalue weighted by Crippen LogP contribution is -2.58. The molecule has 7 nitrogen and oxygen atoms in total. The third kappa shape index (κ3) is 4.91. The number of fused-ring (bicyclic) bond motifs is 1. The molecule has 0 radical (unpaired) electrons. The number of carbonyl (C=O) groups excluding carboxylic acids is 3. The Labute approximate surface area is 247 Å². The summed E-state index contributed by atoms with van der Waals surface area (Å²) in [5, 5.41) is 15.2. The fourth-order valence-corrected chi connectivity index (χ4v) is 7.94. The molecular formula is C31H33ClF3N3O4. The van der Waals surface area contributed by atoms with Gasteiger partial charge in [-0.15, -0.1) is 0 Å². The zero-order valence-corrected chi connectivity index (χ0v) is 23.9. The van der Waals surface area contributed by atoms with Crippen molar-refractivity contribution < 1.29 is 32.7 Å². The predicted octanol–water partition coefficient (Wildman–Crippen LogP) is 5.16. The zero-order chi connectivity index (χ0) is 29.9. The van der Waals surface area contributed by atoms with Crippen LogP contribution in [0.2, 0.25) is 5.02 Å². The quantitative estimate of drug-likeness (QED) is 0.471. The Balaban J connectivity index is 1.27. The first-order valence-corrected chi connectivity index (χ1v) is 14.9. The number of hydrogen-bond donors (Lipinski definition) is 2. The number of aliphatic hydroxyl groups is 1. The maximum Gasteiger partial charge on any atom is 0.416 e. The summed E-state index contributed by atoms with van der Waals surface area (Å²) in [4.78, 5) is 41.1. The number of imide groups is 1. The molecule has 2 N–H and O–H groups in total. The molecule has 1 saturated carbocycles. The maximum absolute atomic E-state index is 13.3. The number of hydrogen-bond acceptors (Lipinski definition) is 5. The summed E-state index contributed by atoms with van der Waals surface area (Å²) in [6.45, 7) is 1.69. The van der Waals surface area contributed by atoms with Crippen molar-refractivity contribution in [2.75, 3.05) is 13.1 Å². The molecule has 2 aromatic rings.